The Balaban J connectivity index is 2.57. The Bertz CT molecular complexity index is 561. The lowest BCUT2D eigenvalue weighted by Crippen LogP contribution is -2.00. The van der Waals surface area contributed by atoms with Gasteiger partial charge in [-0.1, -0.05) is 17.7 Å². The zero-order valence-electron chi connectivity index (χ0n) is 10.2. The second-order valence-corrected chi connectivity index (χ2v) is 4.56. The number of halogens is 1. The summed E-state index contributed by atoms with van der Waals surface area (Å²) >= 11 is 6.20. The Kier molecular flexibility index (Phi) is 3.22. The Hall–Kier alpha value is -1.32. The summed E-state index contributed by atoms with van der Waals surface area (Å²) in [5.74, 6) is 0. The van der Waals surface area contributed by atoms with E-state index in [0.717, 1.165) is 22.6 Å². The fourth-order valence-corrected chi connectivity index (χ4v) is 2.06. The third-order valence-electron chi connectivity index (χ3n) is 3.08. The summed E-state index contributed by atoms with van der Waals surface area (Å²) in [6.07, 6.45) is 0. The third kappa shape index (κ3) is 2.08. The predicted molar refractivity (Wildman–Crippen MR) is 68.7 cm³/mol. The molecule has 4 heteroatoms. The van der Waals surface area contributed by atoms with Crippen LogP contribution < -0.4 is 0 Å². The largest absolute Gasteiger partial charge is 0.392 e. The molecule has 1 aromatic heterocycles. The molecule has 0 unspecified atom stereocenters. The van der Waals surface area contributed by atoms with Crippen molar-refractivity contribution in [1.29, 1.82) is 0 Å². The van der Waals surface area contributed by atoms with Crippen molar-refractivity contribution in [3.8, 4) is 5.69 Å². The van der Waals surface area contributed by atoms with Gasteiger partial charge in [-0.2, -0.15) is 5.10 Å². The molecule has 0 spiro atoms. The highest BCUT2D eigenvalue weighted by Gasteiger charge is 2.11. The molecule has 17 heavy (non-hydrogen) atoms. The Morgan fingerprint density at radius 2 is 2.00 bits per heavy atom. The van der Waals surface area contributed by atoms with Gasteiger partial charge >= 0.3 is 0 Å². The smallest absolute Gasteiger partial charge is 0.0835 e. The standard InChI is InChI=1S/C13H15ClN2O/c1-8-9(2)15-16(10(8)3)13-5-4-11(7-17)6-12(13)14/h4-6,17H,7H2,1-3H3. The van der Waals surface area contributed by atoms with Gasteiger partial charge < -0.3 is 5.11 Å². The lowest BCUT2D eigenvalue weighted by molar-refractivity contribution is 0.282. The Morgan fingerprint density at radius 3 is 2.47 bits per heavy atom. The molecular formula is C13H15ClN2O. The van der Waals surface area contributed by atoms with E-state index in [1.54, 1.807) is 6.07 Å². The van der Waals surface area contributed by atoms with Crippen LogP contribution in [0.15, 0.2) is 18.2 Å². The Morgan fingerprint density at radius 1 is 1.29 bits per heavy atom. The lowest BCUT2D eigenvalue weighted by atomic mass is 10.2. The molecule has 1 heterocycles. The van der Waals surface area contributed by atoms with Gasteiger partial charge in [0, 0.05) is 5.69 Å². The zero-order chi connectivity index (χ0) is 12.6. The van der Waals surface area contributed by atoms with Crippen LogP contribution in [-0.2, 0) is 6.61 Å². The maximum absolute atomic E-state index is 9.05. The first kappa shape index (κ1) is 12.1. The molecule has 3 nitrogen and oxygen atoms in total. The zero-order valence-corrected chi connectivity index (χ0v) is 10.9. The van der Waals surface area contributed by atoms with Crippen molar-refractivity contribution < 1.29 is 5.11 Å². The van der Waals surface area contributed by atoms with Gasteiger partial charge in [0.05, 0.1) is 23.0 Å². The molecule has 1 N–H and O–H groups in total. The minimum absolute atomic E-state index is 0.00382. The van der Waals surface area contributed by atoms with Crippen LogP contribution in [0.2, 0.25) is 5.02 Å². The number of rotatable bonds is 2. The minimum Gasteiger partial charge on any atom is -0.392 e. The molecule has 0 saturated carbocycles. The number of benzene rings is 1. The normalized spacial score (nSPS) is 10.9. The number of aliphatic hydroxyl groups is 1. The first-order chi connectivity index (χ1) is 8.04. The molecular weight excluding hydrogens is 236 g/mol. The molecule has 0 saturated heterocycles. The lowest BCUT2D eigenvalue weighted by Gasteiger charge is -2.08. The highest BCUT2D eigenvalue weighted by atomic mass is 35.5. The molecule has 0 atom stereocenters. The highest BCUT2D eigenvalue weighted by Crippen LogP contribution is 2.24. The van der Waals surface area contributed by atoms with Crippen molar-refractivity contribution in [1.82, 2.24) is 9.78 Å². The van der Waals surface area contributed by atoms with Crippen molar-refractivity contribution in [2.45, 2.75) is 27.4 Å². The quantitative estimate of drug-likeness (QED) is 0.890. The van der Waals surface area contributed by atoms with Crippen molar-refractivity contribution in [2.75, 3.05) is 0 Å². The predicted octanol–water partition coefficient (Wildman–Crippen LogP) is 2.94. The van der Waals surface area contributed by atoms with Crippen LogP contribution in [0.5, 0.6) is 0 Å². The van der Waals surface area contributed by atoms with Crippen LogP contribution >= 0.6 is 11.6 Å². The summed E-state index contributed by atoms with van der Waals surface area (Å²) in [6, 6.07) is 5.50. The van der Waals surface area contributed by atoms with Gasteiger partial charge in [0.25, 0.3) is 0 Å². The average molecular weight is 251 g/mol. The molecule has 90 valence electrons. The monoisotopic (exact) mass is 250 g/mol. The van der Waals surface area contributed by atoms with Crippen LogP contribution in [-0.4, -0.2) is 14.9 Å². The summed E-state index contributed by atoms with van der Waals surface area (Å²) < 4.78 is 1.84. The first-order valence-corrected chi connectivity index (χ1v) is 5.85. The number of nitrogens with zero attached hydrogens (tertiary/aromatic N) is 2. The van der Waals surface area contributed by atoms with Crippen LogP contribution in [0.1, 0.15) is 22.5 Å². The molecule has 0 radical (unpaired) electrons. The van der Waals surface area contributed by atoms with E-state index in [9.17, 15) is 0 Å². The molecule has 0 aliphatic heterocycles. The summed E-state index contributed by atoms with van der Waals surface area (Å²) in [5.41, 5.74) is 4.91. The van der Waals surface area contributed by atoms with Crippen LogP contribution in [0.25, 0.3) is 5.69 Å². The van der Waals surface area contributed by atoms with Gasteiger partial charge in [-0.25, -0.2) is 4.68 Å². The van der Waals surface area contributed by atoms with Crippen molar-refractivity contribution in [3.63, 3.8) is 0 Å². The topological polar surface area (TPSA) is 38.0 Å². The van der Waals surface area contributed by atoms with Crippen molar-refractivity contribution >= 4 is 11.6 Å². The van der Waals surface area contributed by atoms with E-state index in [4.69, 9.17) is 16.7 Å². The molecule has 2 aromatic rings. The SMILES string of the molecule is Cc1nn(-c2ccc(CO)cc2Cl)c(C)c1C. The maximum Gasteiger partial charge on any atom is 0.0835 e. The van der Waals surface area contributed by atoms with Crippen molar-refractivity contribution in [3.05, 3.63) is 45.7 Å². The van der Waals surface area contributed by atoms with Gasteiger partial charge in [0.1, 0.15) is 0 Å². The fraction of sp³-hybridized carbons (Fsp3) is 0.308. The van der Waals surface area contributed by atoms with E-state index in [1.165, 1.54) is 5.56 Å². The van der Waals surface area contributed by atoms with E-state index in [1.807, 2.05) is 37.6 Å². The van der Waals surface area contributed by atoms with Gasteiger partial charge in [-0.15, -0.1) is 0 Å². The summed E-state index contributed by atoms with van der Waals surface area (Å²) in [5, 5.41) is 14.1. The van der Waals surface area contributed by atoms with E-state index in [2.05, 4.69) is 5.10 Å². The fourth-order valence-electron chi connectivity index (χ4n) is 1.78. The van der Waals surface area contributed by atoms with Crippen molar-refractivity contribution in [2.24, 2.45) is 0 Å². The van der Waals surface area contributed by atoms with Gasteiger partial charge in [0.15, 0.2) is 0 Å². The van der Waals surface area contributed by atoms with E-state index in [0.29, 0.717) is 5.02 Å². The second kappa shape index (κ2) is 4.51. The summed E-state index contributed by atoms with van der Waals surface area (Å²) in [7, 11) is 0. The Labute approximate surface area is 106 Å². The number of aliphatic hydroxyl groups excluding tert-OH is 1. The molecule has 2 rings (SSSR count). The van der Waals surface area contributed by atoms with Gasteiger partial charge in [-0.05, 0) is 44.0 Å². The second-order valence-electron chi connectivity index (χ2n) is 4.15. The van der Waals surface area contributed by atoms with E-state index < -0.39 is 0 Å². The van der Waals surface area contributed by atoms with Gasteiger partial charge in [-0.3, -0.25) is 0 Å². The number of hydrogen-bond acceptors (Lipinski definition) is 2. The first-order valence-electron chi connectivity index (χ1n) is 5.47. The molecule has 0 aliphatic carbocycles. The molecule has 0 fully saturated rings. The number of aromatic nitrogens is 2. The van der Waals surface area contributed by atoms with Crippen LogP contribution in [0.3, 0.4) is 0 Å². The maximum atomic E-state index is 9.05. The highest BCUT2D eigenvalue weighted by molar-refractivity contribution is 6.32. The number of aryl methyl sites for hydroxylation is 1. The minimum atomic E-state index is -0.00382. The molecule has 0 bridgehead atoms. The molecule has 1 aromatic carbocycles. The van der Waals surface area contributed by atoms with E-state index >= 15 is 0 Å². The average Bonchev–Trinajstić information content (AvgIpc) is 2.57. The van der Waals surface area contributed by atoms with Crippen LogP contribution in [0.4, 0.5) is 0 Å². The summed E-state index contributed by atoms with van der Waals surface area (Å²) in [6.45, 7) is 6.04. The molecule has 0 aliphatic rings. The van der Waals surface area contributed by atoms with Gasteiger partial charge in [0.2, 0.25) is 0 Å². The van der Waals surface area contributed by atoms with E-state index in [-0.39, 0.29) is 6.61 Å². The van der Waals surface area contributed by atoms with Crippen LogP contribution in [0, 0.1) is 20.8 Å². The number of hydrogen-bond donors (Lipinski definition) is 1. The third-order valence-corrected chi connectivity index (χ3v) is 3.38. The summed E-state index contributed by atoms with van der Waals surface area (Å²) in [4.78, 5) is 0. The molecule has 0 amide bonds.